The lowest BCUT2D eigenvalue weighted by atomic mass is 9.94. The Bertz CT molecular complexity index is 404. The Labute approximate surface area is 116 Å². The van der Waals surface area contributed by atoms with Crippen LogP contribution in [0.25, 0.3) is 0 Å². The maximum Gasteiger partial charge on any atom is 0.0934 e. The van der Waals surface area contributed by atoms with Gasteiger partial charge in [0.25, 0.3) is 0 Å². The summed E-state index contributed by atoms with van der Waals surface area (Å²) in [5.74, 6) is 0. The second kappa shape index (κ2) is 5.88. The molecule has 18 heavy (non-hydrogen) atoms. The zero-order chi connectivity index (χ0) is 12.4. The van der Waals surface area contributed by atoms with Crippen LogP contribution in [-0.4, -0.2) is 32.5 Å². The van der Waals surface area contributed by atoms with Gasteiger partial charge in [0.1, 0.15) is 0 Å². The fourth-order valence-electron chi connectivity index (χ4n) is 2.66. The second-order valence-corrected chi connectivity index (χ2v) is 6.62. The minimum Gasteiger partial charge on any atom is -0.376 e. The molecule has 1 saturated heterocycles. The van der Waals surface area contributed by atoms with Crippen molar-refractivity contribution < 1.29 is 9.47 Å². The second-order valence-electron chi connectivity index (χ2n) is 4.85. The van der Waals surface area contributed by atoms with Gasteiger partial charge in [0.05, 0.1) is 30.3 Å². The maximum atomic E-state index is 6.11. The number of aryl methyl sites for hydroxylation is 1. The summed E-state index contributed by atoms with van der Waals surface area (Å²) in [6.07, 6.45) is 3.80. The normalized spacial score (nSPS) is 28.1. The third kappa shape index (κ3) is 2.89. The summed E-state index contributed by atoms with van der Waals surface area (Å²) in [6, 6.07) is 2.55. The van der Waals surface area contributed by atoms with E-state index in [9.17, 15) is 0 Å². The van der Waals surface area contributed by atoms with Gasteiger partial charge in [-0.15, -0.1) is 11.3 Å². The summed E-state index contributed by atoms with van der Waals surface area (Å²) >= 11 is 7.84. The fourth-order valence-corrected chi connectivity index (χ4v) is 4.05. The van der Waals surface area contributed by atoms with Crippen LogP contribution in [-0.2, 0) is 15.9 Å². The van der Waals surface area contributed by atoms with Crippen molar-refractivity contribution in [3.8, 4) is 0 Å². The molecule has 2 heterocycles. The largest absolute Gasteiger partial charge is 0.376 e. The Balaban J connectivity index is 1.59. The Morgan fingerprint density at radius 1 is 1.44 bits per heavy atom. The van der Waals surface area contributed by atoms with Gasteiger partial charge in [-0.25, -0.2) is 0 Å². The molecule has 0 radical (unpaired) electrons. The van der Waals surface area contributed by atoms with Crippen molar-refractivity contribution in [1.82, 2.24) is 5.32 Å². The van der Waals surface area contributed by atoms with E-state index in [1.54, 1.807) is 11.3 Å². The van der Waals surface area contributed by atoms with Crippen LogP contribution in [0.3, 0.4) is 0 Å². The molecule has 2 atom stereocenters. The molecule has 1 aromatic heterocycles. The molecule has 3 nitrogen and oxygen atoms in total. The van der Waals surface area contributed by atoms with Crippen molar-refractivity contribution in [3.63, 3.8) is 0 Å². The van der Waals surface area contributed by atoms with Gasteiger partial charge in [-0.3, -0.25) is 0 Å². The Hall–Kier alpha value is -0.130. The van der Waals surface area contributed by atoms with Gasteiger partial charge in [0.15, 0.2) is 0 Å². The molecule has 0 aromatic carbocycles. The third-order valence-corrected chi connectivity index (χ3v) is 4.90. The van der Waals surface area contributed by atoms with Crippen LogP contribution in [0.2, 0.25) is 4.34 Å². The number of halogens is 1. The first-order valence-corrected chi connectivity index (χ1v) is 7.73. The van der Waals surface area contributed by atoms with Crippen LogP contribution >= 0.6 is 22.9 Å². The molecule has 1 aliphatic carbocycles. The number of thiophene rings is 1. The summed E-state index contributed by atoms with van der Waals surface area (Å²) in [5, 5.41) is 3.60. The van der Waals surface area contributed by atoms with E-state index < -0.39 is 0 Å². The molecule has 0 spiro atoms. The number of nitrogens with one attached hydrogen (secondary N) is 1. The minimum atomic E-state index is 0.193. The summed E-state index contributed by atoms with van der Waals surface area (Å²) in [4.78, 5) is 1.45. The van der Waals surface area contributed by atoms with Gasteiger partial charge in [0.2, 0.25) is 0 Å². The topological polar surface area (TPSA) is 30.5 Å². The van der Waals surface area contributed by atoms with Crippen LogP contribution in [0.5, 0.6) is 0 Å². The van der Waals surface area contributed by atoms with E-state index in [1.807, 2.05) is 0 Å². The highest BCUT2D eigenvalue weighted by molar-refractivity contribution is 7.16. The van der Waals surface area contributed by atoms with E-state index in [2.05, 4.69) is 11.4 Å². The molecule has 5 heteroatoms. The first-order chi connectivity index (χ1) is 8.83. The molecule has 100 valence electrons. The van der Waals surface area contributed by atoms with Gasteiger partial charge in [-0.1, -0.05) is 11.6 Å². The number of hydrogen-bond donors (Lipinski definition) is 1. The maximum absolute atomic E-state index is 6.11. The summed E-state index contributed by atoms with van der Waals surface area (Å²) in [5.41, 5.74) is 1.40. The minimum absolute atomic E-state index is 0.193. The zero-order valence-electron chi connectivity index (χ0n) is 10.3. The van der Waals surface area contributed by atoms with Crippen LogP contribution < -0.4 is 5.32 Å². The standard InChI is InChI=1S/C13H18ClNO2S/c14-13-6-10-11(2-1-3-12(10)18-13)15-7-9-8-16-4-5-17-9/h6,9,11,15H,1-5,7-8H2. The van der Waals surface area contributed by atoms with Gasteiger partial charge in [-0.2, -0.15) is 0 Å². The molecular formula is C13H18ClNO2S. The van der Waals surface area contributed by atoms with Crippen molar-refractivity contribution in [1.29, 1.82) is 0 Å². The molecular weight excluding hydrogens is 270 g/mol. The van der Waals surface area contributed by atoms with Crippen LogP contribution in [0.4, 0.5) is 0 Å². The lowest BCUT2D eigenvalue weighted by molar-refractivity contribution is -0.0872. The van der Waals surface area contributed by atoms with Crippen LogP contribution in [0.1, 0.15) is 29.3 Å². The van der Waals surface area contributed by atoms with Gasteiger partial charge in [0, 0.05) is 17.5 Å². The molecule has 0 amide bonds. The number of rotatable bonds is 3. The molecule has 1 fully saturated rings. The SMILES string of the molecule is Clc1cc2c(s1)CCCC2NCC1COCCO1. The highest BCUT2D eigenvalue weighted by Gasteiger charge is 2.24. The molecule has 2 unspecified atom stereocenters. The van der Waals surface area contributed by atoms with E-state index in [0.29, 0.717) is 19.3 Å². The smallest absolute Gasteiger partial charge is 0.0934 e. The highest BCUT2D eigenvalue weighted by atomic mass is 35.5. The summed E-state index contributed by atoms with van der Waals surface area (Å²) in [7, 11) is 0. The lowest BCUT2D eigenvalue weighted by Gasteiger charge is -2.28. The van der Waals surface area contributed by atoms with Gasteiger partial charge in [-0.05, 0) is 30.9 Å². The van der Waals surface area contributed by atoms with Crippen molar-refractivity contribution in [2.24, 2.45) is 0 Å². The van der Waals surface area contributed by atoms with E-state index in [1.165, 1.54) is 29.7 Å². The van der Waals surface area contributed by atoms with E-state index >= 15 is 0 Å². The van der Waals surface area contributed by atoms with Gasteiger partial charge < -0.3 is 14.8 Å². The third-order valence-electron chi connectivity index (χ3n) is 3.56. The van der Waals surface area contributed by atoms with Crippen molar-refractivity contribution in [2.75, 3.05) is 26.4 Å². The van der Waals surface area contributed by atoms with E-state index in [4.69, 9.17) is 21.1 Å². The molecule has 0 bridgehead atoms. The molecule has 1 aliphatic heterocycles. The molecule has 1 N–H and O–H groups in total. The quantitative estimate of drug-likeness (QED) is 0.927. The number of ether oxygens (including phenoxy) is 2. The molecule has 3 rings (SSSR count). The summed E-state index contributed by atoms with van der Waals surface area (Å²) < 4.78 is 12.0. The monoisotopic (exact) mass is 287 g/mol. The van der Waals surface area contributed by atoms with Crippen molar-refractivity contribution in [3.05, 3.63) is 20.8 Å². The predicted molar refractivity (Wildman–Crippen MR) is 73.6 cm³/mol. The molecule has 2 aliphatic rings. The average molecular weight is 288 g/mol. The van der Waals surface area contributed by atoms with E-state index in [0.717, 1.165) is 17.5 Å². The Morgan fingerprint density at radius 3 is 3.22 bits per heavy atom. The summed E-state index contributed by atoms with van der Waals surface area (Å²) in [6.45, 7) is 3.01. The highest BCUT2D eigenvalue weighted by Crippen LogP contribution is 2.37. The first-order valence-electron chi connectivity index (χ1n) is 6.54. The Morgan fingerprint density at radius 2 is 2.39 bits per heavy atom. The lowest BCUT2D eigenvalue weighted by Crippen LogP contribution is -2.39. The Kier molecular flexibility index (Phi) is 4.21. The zero-order valence-corrected chi connectivity index (χ0v) is 11.9. The number of fused-ring (bicyclic) bond motifs is 1. The predicted octanol–water partition coefficient (Wildman–Crippen LogP) is 2.78. The molecule has 0 saturated carbocycles. The van der Waals surface area contributed by atoms with Crippen LogP contribution in [0, 0.1) is 0 Å². The van der Waals surface area contributed by atoms with E-state index in [-0.39, 0.29) is 6.10 Å². The van der Waals surface area contributed by atoms with Crippen molar-refractivity contribution >= 4 is 22.9 Å². The molecule has 1 aromatic rings. The van der Waals surface area contributed by atoms with Crippen LogP contribution in [0.15, 0.2) is 6.07 Å². The fraction of sp³-hybridized carbons (Fsp3) is 0.692. The average Bonchev–Trinajstić information content (AvgIpc) is 2.78. The van der Waals surface area contributed by atoms with Crippen molar-refractivity contribution in [2.45, 2.75) is 31.4 Å². The van der Waals surface area contributed by atoms with Gasteiger partial charge >= 0.3 is 0 Å². The first kappa shape index (κ1) is 12.9. The number of hydrogen-bond acceptors (Lipinski definition) is 4.